The normalized spacial score (nSPS) is 16.2. The van der Waals surface area contributed by atoms with Crippen molar-refractivity contribution in [2.45, 2.75) is 39.4 Å². The first kappa shape index (κ1) is 23.5. The van der Waals surface area contributed by atoms with Crippen LogP contribution >= 0.6 is 0 Å². The zero-order valence-corrected chi connectivity index (χ0v) is 19.9. The maximum absolute atomic E-state index is 12.9. The number of hydrogen-bond donors (Lipinski definition) is 1. The van der Waals surface area contributed by atoms with E-state index in [-0.39, 0.29) is 18.1 Å². The van der Waals surface area contributed by atoms with Crippen LogP contribution in [0.4, 0.5) is 10.5 Å². The van der Waals surface area contributed by atoms with Crippen LogP contribution in [0.2, 0.25) is 0 Å². The number of para-hydroxylation sites is 1. The summed E-state index contributed by atoms with van der Waals surface area (Å²) in [4.78, 5) is 26.9. The Balaban J connectivity index is 1.40. The molecule has 8 heteroatoms. The zero-order valence-electron chi connectivity index (χ0n) is 19.9. The van der Waals surface area contributed by atoms with Crippen molar-refractivity contribution in [3.05, 3.63) is 77.6 Å². The average Bonchev–Trinajstić information content (AvgIpc) is 3.20. The number of rotatable bonds is 4. The Hall–Kier alpha value is -3.65. The van der Waals surface area contributed by atoms with Gasteiger partial charge in [-0.05, 0) is 57.5 Å². The fourth-order valence-electron chi connectivity index (χ4n) is 3.78. The lowest BCUT2D eigenvalue weighted by Gasteiger charge is -2.34. The van der Waals surface area contributed by atoms with Crippen molar-refractivity contribution in [2.75, 3.05) is 25.0 Å². The zero-order chi connectivity index (χ0) is 24.3. The van der Waals surface area contributed by atoms with Crippen molar-refractivity contribution >= 4 is 17.7 Å². The van der Waals surface area contributed by atoms with Crippen molar-refractivity contribution in [2.24, 2.45) is 0 Å². The number of ether oxygens (including phenoxy) is 2. The summed E-state index contributed by atoms with van der Waals surface area (Å²) in [6, 6.07) is 17.2. The number of hydrogen-bond acceptors (Lipinski definition) is 5. The van der Waals surface area contributed by atoms with E-state index in [1.807, 2.05) is 82.3 Å². The van der Waals surface area contributed by atoms with Gasteiger partial charge in [0.25, 0.3) is 5.91 Å². The van der Waals surface area contributed by atoms with E-state index in [1.165, 1.54) is 0 Å². The van der Waals surface area contributed by atoms with Gasteiger partial charge in [0.2, 0.25) is 0 Å². The molecule has 178 valence electrons. The first-order valence-corrected chi connectivity index (χ1v) is 11.3. The predicted octanol–water partition coefficient (Wildman–Crippen LogP) is 4.74. The van der Waals surface area contributed by atoms with E-state index in [2.05, 4.69) is 10.4 Å². The SMILES string of the molecule is Cc1c(C(=O)Nc2ccc(C3CN(C(=O)OC(C)(C)C)CCO3)cc2)cnn1-c1ccccc1. The summed E-state index contributed by atoms with van der Waals surface area (Å²) in [7, 11) is 0. The van der Waals surface area contributed by atoms with Crippen LogP contribution in [-0.2, 0) is 9.47 Å². The van der Waals surface area contributed by atoms with Gasteiger partial charge in [-0.2, -0.15) is 5.10 Å². The molecule has 8 nitrogen and oxygen atoms in total. The molecule has 0 aliphatic carbocycles. The van der Waals surface area contributed by atoms with Gasteiger partial charge >= 0.3 is 6.09 Å². The number of nitrogens with one attached hydrogen (secondary N) is 1. The van der Waals surface area contributed by atoms with Gasteiger partial charge in [0.05, 0.1) is 36.3 Å². The second kappa shape index (κ2) is 9.69. The molecule has 1 saturated heterocycles. The third-order valence-electron chi connectivity index (χ3n) is 5.51. The molecule has 3 aromatic rings. The van der Waals surface area contributed by atoms with Crippen LogP contribution in [0.15, 0.2) is 60.8 Å². The molecule has 1 N–H and O–H groups in total. The number of morpholine rings is 1. The molecule has 1 unspecified atom stereocenters. The fourth-order valence-corrected chi connectivity index (χ4v) is 3.78. The molecule has 0 radical (unpaired) electrons. The second-order valence-electron chi connectivity index (χ2n) is 9.25. The van der Waals surface area contributed by atoms with E-state index in [9.17, 15) is 9.59 Å². The van der Waals surface area contributed by atoms with Crippen molar-refractivity contribution in [3.8, 4) is 5.69 Å². The summed E-state index contributed by atoms with van der Waals surface area (Å²) in [5.41, 5.74) is 3.23. The predicted molar refractivity (Wildman–Crippen MR) is 129 cm³/mol. The Labute approximate surface area is 199 Å². The van der Waals surface area contributed by atoms with Gasteiger partial charge in [-0.3, -0.25) is 4.79 Å². The molecule has 1 aliphatic rings. The monoisotopic (exact) mass is 462 g/mol. The summed E-state index contributed by atoms with van der Waals surface area (Å²) < 4.78 is 13.1. The number of carbonyl (C=O) groups excluding carboxylic acids is 2. The minimum absolute atomic E-state index is 0.225. The van der Waals surface area contributed by atoms with Crippen LogP contribution < -0.4 is 5.32 Å². The lowest BCUT2D eigenvalue weighted by Crippen LogP contribution is -2.44. The van der Waals surface area contributed by atoms with Crippen LogP contribution in [0, 0.1) is 6.92 Å². The molecule has 1 fully saturated rings. The molecule has 0 saturated carbocycles. The molecule has 4 rings (SSSR count). The van der Waals surface area contributed by atoms with Crippen molar-refractivity contribution in [1.82, 2.24) is 14.7 Å². The molecule has 1 aromatic heterocycles. The van der Waals surface area contributed by atoms with Crippen LogP contribution in [0.25, 0.3) is 5.69 Å². The molecule has 2 amide bonds. The summed E-state index contributed by atoms with van der Waals surface area (Å²) in [5, 5.41) is 7.29. The van der Waals surface area contributed by atoms with Crippen LogP contribution in [0.1, 0.15) is 48.5 Å². The highest BCUT2D eigenvalue weighted by Gasteiger charge is 2.29. The topological polar surface area (TPSA) is 85.7 Å². The third kappa shape index (κ3) is 5.46. The van der Waals surface area contributed by atoms with Gasteiger partial charge in [-0.1, -0.05) is 30.3 Å². The molecule has 34 heavy (non-hydrogen) atoms. The van der Waals surface area contributed by atoms with Gasteiger partial charge in [0.1, 0.15) is 11.7 Å². The van der Waals surface area contributed by atoms with E-state index in [1.54, 1.807) is 15.8 Å². The first-order valence-electron chi connectivity index (χ1n) is 11.3. The maximum atomic E-state index is 12.9. The number of carbonyl (C=O) groups is 2. The van der Waals surface area contributed by atoms with E-state index in [0.29, 0.717) is 30.9 Å². The summed E-state index contributed by atoms with van der Waals surface area (Å²) in [5.74, 6) is -0.225. The second-order valence-corrected chi connectivity index (χ2v) is 9.25. The largest absolute Gasteiger partial charge is 0.444 e. The Morgan fingerprint density at radius 1 is 1.09 bits per heavy atom. The highest BCUT2D eigenvalue weighted by atomic mass is 16.6. The minimum Gasteiger partial charge on any atom is -0.444 e. The van der Waals surface area contributed by atoms with Crippen LogP contribution in [-0.4, -0.2) is 52.0 Å². The Bertz CT molecular complexity index is 1150. The van der Waals surface area contributed by atoms with E-state index < -0.39 is 5.60 Å². The van der Waals surface area contributed by atoms with Crippen LogP contribution in [0.5, 0.6) is 0 Å². The first-order chi connectivity index (χ1) is 16.2. The lowest BCUT2D eigenvalue weighted by atomic mass is 10.1. The maximum Gasteiger partial charge on any atom is 0.410 e. The van der Waals surface area contributed by atoms with E-state index >= 15 is 0 Å². The molecule has 2 heterocycles. The Morgan fingerprint density at radius 2 is 1.79 bits per heavy atom. The van der Waals surface area contributed by atoms with Crippen molar-refractivity contribution in [3.63, 3.8) is 0 Å². The van der Waals surface area contributed by atoms with Crippen molar-refractivity contribution in [1.29, 1.82) is 0 Å². The molecular weight excluding hydrogens is 432 g/mol. The number of aromatic nitrogens is 2. The third-order valence-corrected chi connectivity index (χ3v) is 5.51. The number of benzene rings is 2. The van der Waals surface area contributed by atoms with Gasteiger partial charge < -0.3 is 19.7 Å². The highest BCUT2D eigenvalue weighted by molar-refractivity contribution is 6.05. The van der Waals surface area contributed by atoms with Gasteiger partial charge in [-0.15, -0.1) is 0 Å². The fraction of sp³-hybridized carbons (Fsp3) is 0.346. The number of anilines is 1. The van der Waals surface area contributed by atoms with E-state index in [4.69, 9.17) is 9.47 Å². The van der Waals surface area contributed by atoms with Gasteiger partial charge in [0, 0.05) is 12.2 Å². The standard InChI is InChI=1S/C26H30N4O4/c1-18-22(16-27-30(18)21-8-6-5-7-9-21)24(31)28-20-12-10-19(11-13-20)23-17-29(14-15-33-23)25(32)34-26(2,3)4/h5-13,16,23H,14-15,17H2,1-4H3,(H,28,31). The Kier molecular flexibility index (Phi) is 6.70. The summed E-state index contributed by atoms with van der Waals surface area (Å²) in [6.45, 7) is 8.77. The molecule has 0 bridgehead atoms. The highest BCUT2D eigenvalue weighted by Crippen LogP contribution is 2.25. The van der Waals surface area contributed by atoms with Gasteiger partial charge in [-0.25, -0.2) is 9.48 Å². The average molecular weight is 463 g/mol. The number of nitrogens with zero attached hydrogens (tertiary/aromatic N) is 3. The quantitative estimate of drug-likeness (QED) is 0.605. The van der Waals surface area contributed by atoms with Gasteiger partial charge in [0.15, 0.2) is 0 Å². The Morgan fingerprint density at radius 3 is 2.47 bits per heavy atom. The lowest BCUT2D eigenvalue weighted by molar-refractivity contribution is -0.0432. The molecule has 1 atom stereocenters. The van der Waals surface area contributed by atoms with Crippen molar-refractivity contribution < 1.29 is 19.1 Å². The molecule has 0 spiro atoms. The van der Waals surface area contributed by atoms with Crippen LogP contribution in [0.3, 0.4) is 0 Å². The minimum atomic E-state index is -0.541. The molecule has 1 aliphatic heterocycles. The van der Waals surface area contributed by atoms with E-state index in [0.717, 1.165) is 16.9 Å². The summed E-state index contributed by atoms with van der Waals surface area (Å²) >= 11 is 0. The smallest absolute Gasteiger partial charge is 0.410 e. The molecule has 2 aromatic carbocycles. The molecular formula is C26H30N4O4. The number of amides is 2. The summed E-state index contributed by atoms with van der Waals surface area (Å²) in [6.07, 6.45) is 0.987.